The SMILES string of the molecule is CC1CCN(C)CC1.CCCC.CCCCC. The van der Waals surface area contributed by atoms with Crippen molar-refractivity contribution in [3.05, 3.63) is 0 Å². The van der Waals surface area contributed by atoms with Crippen LogP contribution in [-0.4, -0.2) is 25.0 Å². The number of piperidine rings is 1. The van der Waals surface area contributed by atoms with Gasteiger partial charge in [0.2, 0.25) is 0 Å². The molecule has 0 aromatic heterocycles. The highest BCUT2D eigenvalue weighted by atomic mass is 15.1. The van der Waals surface area contributed by atoms with E-state index in [0.29, 0.717) is 0 Å². The van der Waals surface area contributed by atoms with Gasteiger partial charge in [-0.2, -0.15) is 0 Å². The Morgan fingerprint density at radius 3 is 1.41 bits per heavy atom. The molecule has 0 N–H and O–H groups in total. The molecule has 0 unspecified atom stereocenters. The fourth-order valence-electron chi connectivity index (χ4n) is 1.49. The maximum Gasteiger partial charge on any atom is -0.00192 e. The molecule has 1 fully saturated rings. The lowest BCUT2D eigenvalue weighted by Gasteiger charge is -2.26. The van der Waals surface area contributed by atoms with Crippen LogP contribution in [0.15, 0.2) is 0 Å². The molecule has 0 aromatic carbocycles. The molecule has 0 aromatic rings. The molecule has 1 heteroatoms. The van der Waals surface area contributed by atoms with Gasteiger partial charge in [-0.15, -0.1) is 0 Å². The standard InChI is InChI=1S/C7H15N.C5H12.C4H10/c1-7-3-5-8(2)6-4-7;1-3-5-4-2;1-3-4-2/h7H,3-6H2,1-2H3;3-5H2,1-2H3;3-4H2,1-2H3. The molecule has 0 atom stereocenters. The van der Waals surface area contributed by atoms with E-state index < -0.39 is 0 Å². The molecule has 1 aliphatic rings. The van der Waals surface area contributed by atoms with Crippen molar-refractivity contribution in [2.24, 2.45) is 5.92 Å². The van der Waals surface area contributed by atoms with Gasteiger partial charge >= 0.3 is 0 Å². The summed E-state index contributed by atoms with van der Waals surface area (Å²) in [6.45, 7) is 13.7. The summed E-state index contributed by atoms with van der Waals surface area (Å²) < 4.78 is 0. The fourth-order valence-corrected chi connectivity index (χ4v) is 1.49. The zero-order valence-electron chi connectivity index (χ0n) is 13.4. The van der Waals surface area contributed by atoms with Crippen LogP contribution in [0, 0.1) is 5.92 Å². The molecule has 1 rings (SSSR count). The van der Waals surface area contributed by atoms with Gasteiger partial charge in [0, 0.05) is 0 Å². The molecule has 0 aliphatic carbocycles. The number of hydrogen-bond acceptors (Lipinski definition) is 1. The van der Waals surface area contributed by atoms with Gasteiger partial charge in [-0.25, -0.2) is 0 Å². The van der Waals surface area contributed by atoms with E-state index in [4.69, 9.17) is 0 Å². The summed E-state index contributed by atoms with van der Waals surface area (Å²) in [6, 6.07) is 0. The van der Waals surface area contributed by atoms with Crippen LogP contribution in [-0.2, 0) is 0 Å². The van der Waals surface area contributed by atoms with E-state index in [0.717, 1.165) is 5.92 Å². The van der Waals surface area contributed by atoms with Gasteiger partial charge in [0.1, 0.15) is 0 Å². The number of hydrogen-bond donors (Lipinski definition) is 0. The van der Waals surface area contributed by atoms with E-state index in [9.17, 15) is 0 Å². The first kappa shape index (κ1) is 19.3. The summed E-state index contributed by atoms with van der Waals surface area (Å²) in [6.07, 6.45) is 9.51. The van der Waals surface area contributed by atoms with Gasteiger partial charge in [-0.05, 0) is 38.9 Å². The Labute approximate surface area is 111 Å². The second kappa shape index (κ2) is 16.0. The molecular weight excluding hydrogens is 206 g/mol. The number of rotatable bonds is 3. The van der Waals surface area contributed by atoms with Gasteiger partial charge in [0.15, 0.2) is 0 Å². The van der Waals surface area contributed by atoms with Crippen molar-refractivity contribution in [1.29, 1.82) is 0 Å². The first-order valence-corrected chi connectivity index (χ1v) is 7.80. The minimum Gasteiger partial charge on any atom is -0.306 e. The Morgan fingerprint density at radius 2 is 1.24 bits per heavy atom. The summed E-state index contributed by atoms with van der Waals surface area (Å²) in [7, 11) is 2.20. The molecule has 1 aliphatic heterocycles. The van der Waals surface area contributed by atoms with E-state index in [1.165, 1.54) is 58.0 Å². The maximum absolute atomic E-state index is 2.40. The zero-order valence-corrected chi connectivity index (χ0v) is 13.4. The molecule has 0 bridgehead atoms. The Hall–Kier alpha value is -0.0400. The van der Waals surface area contributed by atoms with Gasteiger partial charge < -0.3 is 4.90 Å². The van der Waals surface area contributed by atoms with Gasteiger partial charge in [-0.3, -0.25) is 0 Å². The number of likely N-dealkylation sites (tertiary alicyclic amines) is 1. The molecule has 1 saturated heterocycles. The molecule has 0 radical (unpaired) electrons. The fraction of sp³-hybridized carbons (Fsp3) is 1.00. The highest BCUT2D eigenvalue weighted by Crippen LogP contribution is 2.13. The summed E-state index contributed by atoms with van der Waals surface area (Å²) in [5, 5.41) is 0. The van der Waals surface area contributed by atoms with Crippen molar-refractivity contribution in [3.63, 3.8) is 0 Å². The van der Waals surface area contributed by atoms with Crippen LogP contribution >= 0.6 is 0 Å². The summed E-state index contributed by atoms with van der Waals surface area (Å²) >= 11 is 0. The third-order valence-electron chi connectivity index (χ3n) is 3.21. The largest absolute Gasteiger partial charge is 0.306 e. The Balaban J connectivity index is 0. The Morgan fingerprint density at radius 1 is 0.824 bits per heavy atom. The van der Waals surface area contributed by atoms with Crippen molar-refractivity contribution in [3.8, 4) is 0 Å². The molecule has 0 amide bonds. The zero-order chi connectivity index (χ0) is 13.5. The number of unbranched alkanes of at least 4 members (excludes halogenated alkanes) is 3. The van der Waals surface area contributed by atoms with Crippen molar-refractivity contribution in [2.45, 2.75) is 79.6 Å². The molecule has 106 valence electrons. The third-order valence-corrected chi connectivity index (χ3v) is 3.21. The van der Waals surface area contributed by atoms with Gasteiger partial charge in [0.05, 0.1) is 0 Å². The lowest BCUT2D eigenvalue weighted by molar-refractivity contribution is 0.230. The summed E-state index contributed by atoms with van der Waals surface area (Å²) in [5.74, 6) is 0.978. The molecular formula is C16H37N. The summed E-state index contributed by atoms with van der Waals surface area (Å²) in [5.41, 5.74) is 0. The second-order valence-electron chi connectivity index (χ2n) is 5.34. The van der Waals surface area contributed by atoms with Crippen LogP contribution < -0.4 is 0 Å². The minimum absolute atomic E-state index is 0.978. The monoisotopic (exact) mass is 243 g/mol. The summed E-state index contributed by atoms with van der Waals surface area (Å²) in [4.78, 5) is 2.40. The normalized spacial score (nSPS) is 16.6. The topological polar surface area (TPSA) is 3.24 Å². The van der Waals surface area contributed by atoms with Crippen molar-refractivity contribution in [2.75, 3.05) is 20.1 Å². The Kier molecular flexibility index (Phi) is 18.1. The quantitative estimate of drug-likeness (QED) is 0.646. The van der Waals surface area contributed by atoms with Crippen molar-refractivity contribution in [1.82, 2.24) is 4.90 Å². The van der Waals surface area contributed by atoms with Gasteiger partial charge in [0.25, 0.3) is 0 Å². The lowest BCUT2D eigenvalue weighted by atomic mass is 10.00. The average Bonchev–Trinajstić information content (AvgIpc) is 2.35. The van der Waals surface area contributed by atoms with Crippen LogP contribution in [0.4, 0.5) is 0 Å². The van der Waals surface area contributed by atoms with Crippen LogP contribution in [0.1, 0.15) is 79.6 Å². The predicted octanol–water partition coefficient (Wildman–Crippen LogP) is 5.35. The molecule has 1 heterocycles. The smallest absolute Gasteiger partial charge is 0.00192 e. The van der Waals surface area contributed by atoms with Crippen LogP contribution in [0.3, 0.4) is 0 Å². The van der Waals surface area contributed by atoms with E-state index in [1.807, 2.05) is 0 Å². The Bertz CT molecular complexity index is 101. The van der Waals surface area contributed by atoms with E-state index in [1.54, 1.807) is 0 Å². The predicted molar refractivity (Wildman–Crippen MR) is 81.7 cm³/mol. The first-order valence-electron chi connectivity index (χ1n) is 7.80. The van der Waals surface area contributed by atoms with Gasteiger partial charge in [-0.1, -0.05) is 66.7 Å². The van der Waals surface area contributed by atoms with Crippen LogP contribution in [0.25, 0.3) is 0 Å². The van der Waals surface area contributed by atoms with E-state index in [-0.39, 0.29) is 0 Å². The van der Waals surface area contributed by atoms with E-state index >= 15 is 0 Å². The van der Waals surface area contributed by atoms with E-state index in [2.05, 4.69) is 46.6 Å². The highest BCUT2D eigenvalue weighted by Gasteiger charge is 2.10. The van der Waals surface area contributed by atoms with Crippen LogP contribution in [0.2, 0.25) is 0 Å². The highest BCUT2D eigenvalue weighted by molar-refractivity contribution is 4.65. The third kappa shape index (κ3) is 18.5. The number of nitrogens with zero attached hydrogens (tertiary/aromatic N) is 1. The second-order valence-corrected chi connectivity index (χ2v) is 5.34. The average molecular weight is 243 g/mol. The molecule has 0 spiro atoms. The minimum atomic E-state index is 0.978. The van der Waals surface area contributed by atoms with Crippen molar-refractivity contribution >= 4 is 0 Å². The first-order chi connectivity index (χ1) is 8.12. The lowest BCUT2D eigenvalue weighted by Crippen LogP contribution is -2.28. The molecule has 0 saturated carbocycles. The molecule has 17 heavy (non-hydrogen) atoms. The van der Waals surface area contributed by atoms with Crippen molar-refractivity contribution < 1.29 is 0 Å². The van der Waals surface area contributed by atoms with Crippen LogP contribution in [0.5, 0.6) is 0 Å². The maximum atomic E-state index is 2.40. The molecule has 1 nitrogen and oxygen atoms in total.